The van der Waals surface area contributed by atoms with Crippen LogP contribution >= 0.6 is 12.4 Å². The second kappa shape index (κ2) is 13.0. The van der Waals surface area contributed by atoms with E-state index in [9.17, 15) is 4.79 Å². The highest BCUT2D eigenvalue weighted by Crippen LogP contribution is 2.28. The average molecular weight is 425 g/mol. The molecule has 2 atom stereocenters. The van der Waals surface area contributed by atoms with Gasteiger partial charge in [0.05, 0.1) is 6.61 Å². The molecule has 29 heavy (non-hydrogen) atoms. The van der Waals surface area contributed by atoms with Gasteiger partial charge in [0.2, 0.25) is 0 Å². The molecule has 1 saturated carbocycles. The molecule has 1 saturated heterocycles. The minimum absolute atomic E-state index is 0. The highest BCUT2D eigenvalue weighted by Gasteiger charge is 2.34. The van der Waals surface area contributed by atoms with Crippen molar-refractivity contribution in [2.45, 2.75) is 83.3 Å². The molecule has 1 amide bonds. The summed E-state index contributed by atoms with van der Waals surface area (Å²) in [5.74, 6) is 0.844. The highest BCUT2D eigenvalue weighted by atomic mass is 35.5. The van der Waals surface area contributed by atoms with Crippen molar-refractivity contribution >= 4 is 24.2 Å². The van der Waals surface area contributed by atoms with Gasteiger partial charge in [0.15, 0.2) is 0 Å². The minimum Gasteiger partial charge on any atom is -0.494 e. The van der Waals surface area contributed by atoms with Gasteiger partial charge in [-0.15, -0.1) is 12.4 Å². The molecule has 0 bridgehead atoms. The quantitative estimate of drug-likeness (QED) is 0.492. The summed E-state index contributed by atoms with van der Waals surface area (Å²) in [5.41, 5.74) is 0.747. The lowest BCUT2D eigenvalue weighted by molar-refractivity contribution is 0.0176. The third-order valence-electron chi connectivity index (χ3n) is 5.90. The van der Waals surface area contributed by atoms with Crippen LogP contribution in [-0.2, 0) is 4.74 Å². The Labute approximate surface area is 181 Å². The molecule has 1 heterocycles. The van der Waals surface area contributed by atoms with Crippen LogP contribution in [0.3, 0.4) is 0 Å². The molecule has 1 aromatic carbocycles. The van der Waals surface area contributed by atoms with E-state index < -0.39 is 0 Å². The Kier molecular flexibility index (Phi) is 10.6. The Balaban J connectivity index is 0.00000300. The van der Waals surface area contributed by atoms with Crippen molar-refractivity contribution in [3.8, 4) is 5.75 Å². The molecule has 3 rings (SSSR count). The van der Waals surface area contributed by atoms with Crippen molar-refractivity contribution in [2.24, 2.45) is 0 Å². The molecule has 6 heteroatoms. The van der Waals surface area contributed by atoms with Crippen molar-refractivity contribution in [3.63, 3.8) is 0 Å². The van der Waals surface area contributed by atoms with Crippen molar-refractivity contribution in [1.29, 1.82) is 0 Å². The largest absolute Gasteiger partial charge is 0.494 e. The number of carbonyl (C=O) groups is 1. The number of hydrogen-bond acceptors (Lipinski definition) is 4. The number of ether oxygens (including phenoxy) is 2. The second-order valence-corrected chi connectivity index (χ2v) is 8.10. The molecule has 2 aliphatic rings. The van der Waals surface area contributed by atoms with E-state index in [-0.39, 0.29) is 24.6 Å². The molecule has 1 aliphatic heterocycles. The maximum atomic E-state index is 12.4. The Morgan fingerprint density at radius 3 is 2.48 bits per heavy atom. The first-order valence-electron chi connectivity index (χ1n) is 11.2. The smallest absolute Gasteiger partial charge is 0.411 e. The van der Waals surface area contributed by atoms with Gasteiger partial charge in [-0.1, -0.05) is 32.6 Å². The average Bonchev–Trinajstić information content (AvgIpc) is 3.24. The van der Waals surface area contributed by atoms with Gasteiger partial charge in [-0.2, -0.15) is 0 Å². The topological polar surface area (TPSA) is 50.8 Å². The lowest BCUT2D eigenvalue weighted by atomic mass is 9.91. The molecular weight excluding hydrogens is 388 g/mol. The van der Waals surface area contributed by atoms with Crippen LogP contribution in [0.25, 0.3) is 0 Å². The Morgan fingerprint density at radius 2 is 1.76 bits per heavy atom. The van der Waals surface area contributed by atoms with Crippen molar-refractivity contribution in [2.75, 3.05) is 25.0 Å². The molecule has 0 spiro atoms. The van der Waals surface area contributed by atoms with Gasteiger partial charge in [-0.05, 0) is 75.9 Å². The van der Waals surface area contributed by atoms with Gasteiger partial charge in [-0.3, -0.25) is 10.2 Å². The number of benzene rings is 1. The zero-order valence-corrected chi connectivity index (χ0v) is 18.6. The second-order valence-electron chi connectivity index (χ2n) is 8.10. The van der Waals surface area contributed by atoms with Crippen LogP contribution in [0.15, 0.2) is 24.3 Å². The standard InChI is InChI=1S/C23H36N2O3.ClH/c1-2-3-4-9-18-27-20-14-12-19(13-15-20)24-23(26)28-22-11-6-5-10-21(22)25-16-7-8-17-25;/h12-15,21-22H,2-11,16-18H2,1H3,(H,24,26);1H. The summed E-state index contributed by atoms with van der Waals surface area (Å²) < 4.78 is 11.6. The number of amides is 1. The zero-order chi connectivity index (χ0) is 19.6. The normalized spacial score (nSPS) is 22.0. The van der Waals surface area contributed by atoms with Crippen LogP contribution in [0.4, 0.5) is 10.5 Å². The SMILES string of the molecule is CCCCCCOc1ccc(NC(=O)OC2CCCCC2N2CCCC2)cc1.Cl. The number of halogens is 1. The Hall–Kier alpha value is -1.46. The third-order valence-corrected chi connectivity index (χ3v) is 5.90. The fraction of sp³-hybridized carbons (Fsp3) is 0.696. The molecular formula is C23H37ClN2O3. The molecule has 164 valence electrons. The molecule has 2 fully saturated rings. The molecule has 0 aromatic heterocycles. The molecule has 1 N–H and O–H groups in total. The molecule has 0 radical (unpaired) electrons. The van der Waals surface area contributed by atoms with Crippen LogP contribution < -0.4 is 10.1 Å². The number of carbonyl (C=O) groups excluding carboxylic acids is 1. The van der Waals surface area contributed by atoms with Crippen LogP contribution in [0.1, 0.15) is 71.1 Å². The summed E-state index contributed by atoms with van der Waals surface area (Å²) in [5, 5.41) is 2.88. The van der Waals surface area contributed by atoms with Crippen LogP contribution in [0.5, 0.6) is 5.75 Å². The van der Waals surface area contributed by atoms with E-state index in [4.69, 9.17) is 9.47 Å². The number of nitrogens with zero attached hydrogens (tertiary/aromatic N) is 1. The van der Waals surface area contributed by atoms with E-state index in [1.807, 2.05) is 24.3 Å². The van der Waals surface area contributed by atoms with Gasteiger partial charge in [0.25, 0.3) is 0 Å². The van der Waals surface area contributed by atoms with Crippen LogP contribution in [0, 0.1) is 0 Å². The zero-order valence-electron chi connectivity index (χ0n) is 17.7. The van der Waals surface area contributed by atoms with Gasteiger partial charge >= 0.3 is 6.09 Å². The maximum absolute atomic E-state index is 12.4. The summed E-state index contributed by atoms with van der Waals surface area (Å²) in [6.07, 6.45) is 11.5. The van der Waals surface area contributed by atoms with Gasteiger partial charge in [0.1, 0.15) is 11.9 Å². The summed E-state index contributed by atoms with van der Waals surface area (Å²) in [6.45, 7) is 5.24. The van der Waals surface area contributed by atoms with Crippen molar-refractivity contribution < 1.29 is 14.3 Å². The molecule has 2 unspecified atom stereocenters. The van der Waals surface area contributed by atoms with E-state index >= 15 is 0 Å². The number of hydrogen-bond donors (Lipinski definition) is 1. The van der Waals surface area contributed by atoms with Crippen LogP contribution in [0.2, 0.25) is 0 Å². The minimum atomic E-state index is -0.343. The fourth-order valence-corrected chi connectivity index (χ4v) is 4.34. The summed E-state index contributed by atoms with van der Waals surface area (Å²) in [4.78, 5) is 14.9. The number of anilines is 1. The first-order chi connectivity index (χ1) is 13.8. The van der Waals surface area contributed by atoms with E-state index in [0.717, 1.165) is 56.8 Å². The van der Waals surface area contributed by atoms with Crippen molar-refractivity contribution in [1.82, 2.24) is 4.90 Å². The van der Waals surface area contributed by atoms with Gasteiger partial charge in [0, 0.05) is 11.7 Å². The summed E-state index contributed by atoms with van der Waals surface area (Å²) in [7, 11) is 0. The van der Waals surface area contributed by atoms with Gasteiger partial charge in [-0.25, -0.2) is 4.79 Å². The van der Waals surface area contributed by atoms with Gasteiger partial charge < -0.3 is 9.47 Å². The van der Waals surface area contributed by atoms with E-state index in [0.29, 0.717) is 6.04 Å². The first kappa shape index (κ1) is 23.8. The monoisotopic (exact) mass is 424 g/mol. The van der Waals surface area contributed by atoms with Crippen LogP contribution in [-0.4, -0.2) is 42.8 Å². The van der Waals surface area contributed by atoms with E-state index in [2.05, 4.69) is 17.1 Å². The number of unbranched alkanes of at least 4 members (excludes halogenated alkanes) is 3. The Bertz CT molecular complexity index is 590. The summed E-state index contributed by atoms with van der Waals surface area (Å²) in [6, 6.07) is 7.96. The maximum Gasteiger partial charge on any atom is 0.411 e. The first-order valence-corrected chi connectivity index (χ1v) is 11.2. The Morgan fingerprint density at radius 1 is 1.03 bits per heavy atom. The predicted molar refractivity (Wildman–Crippen MR) is 120 cm³/mol. The number of likely N-dealkylation sites (tertiary alicyclic amines) is 1. The molecule has 1 aliphatic carbocycles. The third kappa shape index (κ3) is 7.71. The number of nitrogens with one attached hydrogen (secondary N) is 1. The van der Waals surface area contributed by atoms with E-state index in [1.54, 1.807) is 0 Å². The predicted octanol–water partition coefficient (Wildman–Crippen LogP) is 6.02. The summed E-state index contributed by atoms with van der Waals surface area (Å²) >= 11 is 0. The molecule has 5 nitrogen and oxygen atoms in total. The number of rotatable bonds is 9. The fourth-order valence-electron chi connectivity index (χ4n) is 4.34. The van der Waals surface area contributed by atoms with Crippen molar-refractivity contribution in [3.05, 3.63) is 24.3 Å². The highest BCUT2D eigenvalue weighted by molar-refractivity contribution is 5.85. The lowest BCUT2D eigenvalue weighted by Crippen LogP contribution is -2.46. The lowest BCUT2D eigenvalue weighted by Gasteiger charge is -2.37. The molecule has 1 aromatic rings. The van der Waals surface area contributed by atoms with E-state index in [1.165, 1.54) is 38.5 Å².